The molecule has 5 heteroatoms. The number of aliphatic carboxylic acids is 1. The Balaban J connectivity index is 4.19. The number of urea groups is 1. The molecule has 2 amide bonds. The molecule has 0 saturated carbocycles. The van der Waals surface area contributed by atoms with Crippen LogP contribution in [0.3, 0.4) is 0 Å². The van der Waals surface area contributed by atoms with Crippen molar-refractivity contribution in [1.29, 1.82) is 0 Å². The van der Waals surface area contributed by atoms with E-state index in [2.05, 4.69) is 11.2 Å². The predicted octanol–water partition coefficient (Wildman–Crippen LogP) is 1.15. The number of nitrogens with one attached hydrogen (secondary N) is 1. The van der Waals surface area contributed by atoms with Crippen LogP contribution in [0.5, 0.6) is 0 Å². The maximum absolute atomic E-state index is 11.6. The summed E-state index contributed by atoms with van der Waals surface area (Å²) >= 11 is 0. The Labute approximate surface area is 102 Å². The van der Waals surface area contributed by atoms with Crippen LogP contribution in [0.2, 0.25) is 0 Å². The first-order chi connectivity index (χ1) is 8.06. The number of rotatable bonds is 7. The lowest BCUT2D eigenvalue weighted by Gasteiger charge is -2.20. The second-order valence-electron chi connectivity index (χ2n) is 3.73. The Bertz CT molecular complexity index is 297. The fraction of sp³-hybridized carbons (Fsp3) is 0.667. The highest BCUT2D eigenvalue weighted by Gasteiger charge is 2.18. The van der Waals surface area contributed by atoms with Crippen molar-refractivity contribution in [2.45, 2.75) is 26.7 Å². The minimum absolute atomic E-state index is 0.142. The molecule has 0 aliphatic heterocycles. The van der Waals surface area contributed by atoms with Gasteiger partial charge in [0.2, 0.25) is 0 Å². The van der Waals surface area contributed by atoms with Crippen molar-refractivity contribution < 1.29 is 14.7 Å². The number of nitrogens with zero attached hydrogens (tertiary/aromatic N) is 1. The van der Waals surface area contributed by atoms with E-state index in [-0.39, 0.29) is 19.1 Å². The van der Waals surface area contributed by atoms with Gasteiger partial charge in [0.15, 0.2) is 0 Å². The lowest BCUT2D eigenvalue weighted by molar-refractivity contribution is -0.141. The first kappa shape index (κ1) is 15.3. The van der Waals surface area contributed by atoms with Crippen molar-refractivity contribution in [3.05, 3.63) is 0 Å². The zero-order chi connectivity index (χ0) is 13.3. The molecule has 0 fully saturated rings. The van der Waals surface area contributed by atoms with Gasteiger partial charge in [0, 0.05) is 13.1 Å². The molecule has 17 heavy (non-hydrogen) atoms. The first-order valence-corrected chi connectivity index (χ1v) is 5.75. The second-order valence-corrected chi connectivity index (χ2v) is 3.73. The number of hydrogen-bond donors (Lipinski definition) is 2. The van der Waals surface area contributed by atoms with E-state index in [1.807, 2.05) is 13.8 Å². The summed E-state index contributed by atoms with van der Waals surface area (Å²) in [5.74, 6) is 0.968. The maximum atomic E-state index is 11.6. The van der Waals surface area contributed by atoms with E-state index in [9.17, 15) is 9.59 Å². The number of carboxylic acid groups (broad SMARTS) is 1. The average molecular weight is 240 g/mol. The van der Waals surface area contributed by atoms with E-state index in [1.165, 1.54) is 4.90 Å². The quantitative estimate of drug-likeness (QED) is 0.656. The third-order valence-corrected chi connectivity index (χ3v) is 2.44. The van der Waals surface area contributed by atoms with Crippen LogP contribution in [0.15, 0.2) is 0 Å². The van der Waals surface area contributed by atoms with Gasteiger partial charge in [-0.25, -0.2) is 4.79 Å². The highest BCUT2D eigenvalue weighted by molar-refractivity contribution is 5.76. The Hall–Kier alpha value is -1.70. The van der Waals surface area contributed by atoms with Gasteiger partial charge in [-0.15, -0.1) is 6.42 Å². The average Bonchev–Trinajstić information content (AvgIpc) is 2.30. The lowest BCUT2D eigenvalue weighted by atomic mass is 10.0. The van der Waals surface area contributed by atoms with Crippen molar-refractivity contribution in [3.8, 4) is 12.3 Å². The zero-order valence-electron chi connectivity index (χ0n) is 10.4. The summed E-state index contributed by atoms with van der Waals surface area (Å²) < 4.78 is 0. The van der Waals surface area contributed by atoms with Crippen LogP contribution in [0.25, 0.3) is 0 Å². The van der Waals surface area contributed by atoms with Gasteiger partial charge >= 0.3 is 12.0 Å². The molecular weight excluding hydrogens is 220 g/mol. The lowest BCUT2D eigenvalue weighted by Crippen LogP contribution is -2.43. The van der Waals surface area contributed by atoms with E-state index in [4.69, 9.17) is 11.5 Å². The third kappa shape index (κ3) is 5.81. The van der Waals surface area contributed by atoms with Crippen molar-refractivity contribution >= 4 is 12.0 Å². The minimum atomic E-state index is -0.882. The van der Waals surface area contributed by atoms with Crippen molar-refractivity contribution in [2.24, 2.45) is 5.92 Å². The summed E-state index contributed by atoms with van der Waals surface area (Å²) in [6.45, 7) is 4.60. The summed E-state index contributed by atoms with van der Waals surface area (Å²) in [5.41, 5.74) is 0. The predicted molar refractivity (Wildman–Crippen MR) is 65.5 cm³/mol. The molecule has 1 atom stereocenters. The molecule has 0 spiro atoms. The van der Waals surface area contributed by atoms with E-state index >= 15 is 0 Å². The molecule has 1 unspecified atom stereocenters. The number of hydrogen-bond acceptors (Lipinski definition) is 2. The highest BCUT2D eigenvalue weighted by atomic mass is 16.4. The van der Waals surface area contributed by atoms with Gasteiger partial charge in [-0.05, 0) is 13.3 Å². The van der Waals surface area contributed by atoms with E-state index < -0.39 is 11.9 Å². The molecule has 0 aromatic carbocycles. The molecule has 96 valence electrons. The second kappa shape index (κ2) is 8.45. The van der Waals surface area contributed by atoms with Gasteiger partial charge in [0.1, 0.15) is 0 Å². The Morgan fingerprint density at radius 2 is 2.12 bits per heavy atom. The molecule has 0 saturated heterocycles. The van der Waals surface area contributed by atoms with Crippen molar-refractivity contribution in [3.63, 3.8) is 0 Å². The van der Waals surface area contributed by atoms with Gasteiger partial charge in [0.25, 0.3) is 0 Å². The van der Waals surface area contributed by atoms with Gasteiger partial charge < -0.3 is 15.3 Å². The topological polar surface area (TPSA) is 69.6 Å². The Kier molecular flexibility index (Phi) is 7.61. The largest absolute Gasteiger partial charge is 0.481 e. The molecule has 0 aliphatic rings. The molecule has 0 aromatic heterocycles. The van der Waals surface area contributed by atoms with Crippen LogP contribution in [0.1, 0.15) is 26.7 Å². The molecule has 0 radical (unpaired) electrons. The zero-order valence-corrected chi connectivity index (χ0v) is 10.4. The summed E-state index contributed by atoms with van der Waals surface area (Å²) in [6, 6.07) is -0.312. The molecular formula is C12H20N2O3. The maximum Gasteiger partial charge on any atom is 0.318 e. The summed E-state index contributed by atoms with van der Waals surface area (Å²) in [5, 5.41) is 11.5. The van der Waals surface area contributed by atoms with Crippen LogP contribution >= 0.6 is 0 Å². The SMILES string of the molecule is C#CCN(CC)C(=O)NCC(CCC)C(=O)O. The van der Waals surface area contributed by atoms with E-state index in [0.717, 1.165) is 6.42 Å². The van der Waals surface area contributed by atoms with Crippen LogP contribution in [-0.2, 0) is 4.79 Å². The first-order valence-electron chi connectivity index (χ1n) is 5.75. The van der Waals surface area contributed by atoms with Crippen LogP contribution in [0.4, 0.5) is 4.79 Å². The Morgan fingerprint density at radius 1 is 1.47 bits per heavy atom. The normalized spacial score (nSPS) is 11.4. The van der Waals surface area contributed by atoms with Crippen LogP contribution in [-0.4, -0.2) is 41.6 Å². The standard InChI is InChI=1S/C12H20N2O3/c1-4-7-10(11(15)16)9-13-12(17)14(6-3)8-5-2/h2,10H,4,6-9H2,1,3H3,(H,13,17)(H,15,16). The molecule has 0 aromatic rings. The fourth-order valence-electron chi connectivity index (χ4n) is 1.42. The minimum Gasteiger partial charge on any atom is -0.481 e. The molecule has 2 N–H and O–H groups in total. The number of carbonyl (C=O) groups is 2. The van der Waals surface area contributed by atoms with E-state index in [0.29, 0.717) is 13.0 Å². The smallest absolute Gasteiger partial charge is 0.318 e. The van der Waals surface area contributed by atoms with Crippen molar-refractivity contribution in [1.82, 2.24) is 10.2 Å². The highest BCUT2D eigenvalue weighted by Crippen LogP contribution is 2.05. The van der Waals surface area contributed by atoms with Gasteiger partial charge in [0.05, 0.1) is 12.5 Å². The van der Waals surface area contributed by atoms with Crippen LogP contribution in [0, 0.1) is 18.3 Å². The third-order valence-electron chi connectivity index (χ3n) is 2.44. The number of carboxylic acids is 1. The van der Waals surface area contributed by atoms with Gasteiger partial charge in [-0.2, -0.15) is 0 Å². The number of amides is 2. The monoisotopic (exact) mass is 240 g/mol. The fourth-order valence-corrected chi connectivity index (χ4v) is 1.42. The molecule has 0 rings (SSSR count). The summed E-state index contributed by atoms with van der Waals surface area (Å²) in [4.78, 5) is 23.9. The molecule has 0 aliphatic carbocycles. The van der Waals surface area contributed by atoms with Gasteiger partial charge in [-0.1, -0.05) is 19.3 Å². The molecule has 0 bridgehead atoms. The van der Waals surface area contributed by atoms with Crippen LogP contribution < -0.4 is 5.32 Å². The molecule has 0 heterocycles. The number of terminal acetylenes is 1. The van der Waals surface area contributed by atoms with E-state index in [1.54, 1.807) is 0 Å². The summed E-state index contributed by atoms with van der Waals surface area (Å²) in [7, 11) is 0. The summed E-state index contributed by atoms with van der Waals surface area (Å²) in [6.07, 6.45) is 6.45. The Morgan fingerprint density at radius 3 is 2.53 bits per heavy atom. The van der Waals surface area contributed by atoms with Crippen molar-refractivity contribution in [2.75, 3.05) is 19.6 Å². The molecule has 5 nitrogen and oxygen atoms in total. The number of carbonyl (C=O) groups excluding carboxylic acids is 1. The van der Waals surface area contributed by atoms with Gasteiger partial charge in [-0.3, -0.25) is 4.79 Å².